The van der Waals surface area contributed by atoms with E-state index in [4.69, 9.17) is 11.6 Å². The van der Waals surface area contributed by atoms with E-state index < -0.39 is 27.1 Å². The molecule has 0 aromatic heterocycles. The predicted molar refractivity (Wildman–Crippen MR) is 88.9 cm³/mol. The van der Waals surface area contributed by atoms with Gasteiger partial charge in [0.05, 0.1) is 15.9 Å². The molecular formula is C15H10ClN3O5. The first kappa shape index (κ1) is 17.1. The number of rotatable bonds is 5. The molecule has 2 rings (SSSR count). The third-order valence-electron chi connectivity index (χ3n) is 2.97. The highest BCUT2D eigenvalue weighted by atomic mass is 35.5. The first-order valence-electron chi connectivity index (χ1n) is 6.55. The molecule has 0 heterocycles. The zero-order chi connectivity index (χ0) is 17.7. The van der Waals surface area contributed by atoms with Crippen molar-refractivity contribution >= 4 is 40.6 Å². The minimum absolute atomic E-state index is 0.139. The van der Waals surface area contributed by atoms with Gasteiger partial charge in [-0.15, -0.1) is 0 Å². The van der Waals surface area contributed by atoms with E-state index in [1.54, 1.807) is 24.3 Å². The summed E-state index contributed by atoms with van der Waals surface area (Å²) in [6.45, 7) is 0. The summed E-state index contributed by atoms with van der Waals surface area (Å²) in [7, 11) is 0. The van der Waals surface area contributed by atoms with Crippen LogP contribution in [0.5, 0.6) is 0 Å². The van der Waals surface area contributed by atoms with Crippen LogP contribution in [0.1, 0.15) is 5.56 Å². The Labute approximate surface area is 140 Å². The number of hydrogen-bond donors (Lipinski definition) is 1. The second-order valence-electron chi connectivity index (χ2n) is 4.56. The fourth-order valence-electron chi connectivity index (χ4n) is 1.84. The molecule has 122 valence electrons. The number of nitro groups is 2. The average molecular weight is 348 g/mol. The Morgan fingerprint density at radius 3 is 2.42 bits per heavy atom. The van der Waals surface area contributed by atoms with Crippen LogP contribution in [0.15, 0.2) is 48.5 Å². The lowest BCUT2D eigenvalue weighted by Crippen LogP contribution is -2.09. The summed E-state index contributed by atoms with van der Waals surface area (Å²) >= 11 is 5.95. The minimum atomic E-state index is -0.805. The quantitative estimate of drug-likeness (QED) is 0.501. The van der Waals surface area contributed by atoms with Crippen LogP contribution in [0.2, 0.25) is 5.02 Å². The van der Waals surface area contributed by atoms with Crippen LogP contribution in [-0.2, 0) is 4.79 Å². The van der Waals surface area contributed by atoms with Gasteiger partial charge < -0.3 is 5.32 Å². The van der Waals surface area contributed by atoms with Crippen molar-refractivity contribution in [1.82, 2.24) is 0 Å². The number of carbonyl (C=O) groups is 1. The molecule has 0 aliphatic rings. The van der Waals surface area contributed by atoms with E-state index in [2.05, 4.69) is 5.32 Å². The van der Waals surface area contributed by atoms with Crippen molar-refractivity contribution in [3.8, 4) is 0 Å². The van der Waals surface area contributed by atoms with Gasteiger partial charge in [-0.25, -0.2) is 0 Å². The van der Waals surface area contributed by atoms with Crippen molar-refractivity contribution in [3.05, 3.63) is 79.4 Å². The molecule has 1 N–H and O–H groups in total. The maximum Gasteiger partial charge on any atom is 0.299 e. The Kier molecular flexibility index (Phi) is 5.23. The van der Waals surface area contributed by atoms with Crippen molar-refractivity contribution < 1.29 is 14.6 Å². The zero-order valence-electron chi connectivity index (χ0n) is 12.0. The molecule has 0 spiro atoms. The molecule has 9 heteroatoms. The Bertz CT molecular complexity index is 851. The van der Waals surface area contributed by atoms with Crippen molar-refractivity contribution in [2.75, 3.05) is 5.32 Å². The lowest BCUT2D eigenvalue weighted by atomic mass is 10.2. The van der Waals surface area contributed by atoms with Gasteiger partial charge in [0.2, 0.25) is 5.91 Å². The van der Waals surface area contributed by atoms with E-state index in [1.807, 2.05) is 0 Å². The molecule has 24 heavy (non-hydrogen) atoms. The molecule has 0 aliphatic carbocycles. The van der Waals surface area contributed by atoms with Crippen molar-refractivity contribution in [2.45, 2.75) is 0 Å². The van der Waals surface area contributed by atoms with Gasteiger partial charge in [-0.05, 0) is 23.8 Å². The Balaban J connectivity index is 2.21. The third-order valence-corrected chi connectivity index (χ3v) is 3.31. The van der Waals surface area contributed by atoms with Crippen LogP contribution in [0.3, 0.4) is 0 Å². The Morgan fingerprint density at radius 2 is 1.79 bits per heavy atom. The first-order chi connectivity index (χ1) is 11.4. The summed E-state index contributed by atoms with van der Waals surface area (Å²) in [6, 6.07) is 9.79. The van der Waals surface area contributed by atoms with Crippen LogP contribution in [-0.4, -0.2) is 15.8 Å². The van der Waals surface area contributed by atoms with E-state index in [9.17, 15) is 25.0 Å². The number of hydrogen-bond acceptors (Lipinski definition) is 5. The van der Waals surface area contributed by atoms with Gasteiger partial charge in [-0.1, -0.05) is 29.8 Å². The van der Waals surface area contributed by atoms with Gasteiger partial charge in [0.25, 0.3) is 11.4 Å². The number of nitro benzene ring substituents is 2. The number of benzene rings is 2. The number of nitrogens with one attached hydrogen (secondary N) is 1. The Morgan fingerprint density at radius 1 is 1.08 bits per heavy atom. The highest BCUT2D eigenvalue weighted by molar-refractivity contribution is 6.32. The summed E-state index contributed by atoms with van der Waals surface area (Å²) in [4.78, 5) is 32.0. The van der Waals surface area contributed by atoms with Crippen LogP contribution in [0.4, 0.5) is 17.1 Å². The highest BCUT2D eigenvalue weighted by Crippen LogP contribution is 2.29. The van der Waals surface area contributed by atoms with Crippen LogP contribution < -0.4 is 5.32 Å². The number of anilines is 1. The van der Waals surface area contributed by atoms with Crippen LogP contribution in [0.25, 0.3) is 6.08 Å². The second kappa shape index (κ2) is 7.34. The first-order valence-corrected chi connectivity index (χ1v) is 6.92. The summed E-state index contributed by atoms with van der Waals surface area (Å²) in [5.74, 6) is -0.633. The number of nitrogens with zero attached hydrogens (tertiary/aromatic N) is 2. The number of halogens is 1. The Hall–Kier alpha value is -3.26. The normalized spacial score (nSPS) is 10.5. The van der Waals surface area contributed by atoms with Gasteiger partial charge in [-0.2, -0.15) is 0 Å². The molecular weight excluding hydrogens is 338 g/mol. The molecule has 8 nitrogen and oxygen atoms in total. The topological polar surface area (TPSA) is 115 Å². The van der Waals surface area contributed by atoms with E-state index in [0.29, 0.717) is 10.6 Å². The number of carbonyl (C=O) groups excluding carboxylic acids is 1. The average Bonchev–Trinajstić information content (AvgIpc) is 2.54. The molecule has 0 fully saturated rings. The van der Waals surface area contributed by atoms with Gasteiger partial charge in [0, 0.05) is 17.2 Å². The number of amides is 1. The molecule has 0 atom stereocenters. The molecule has 0 radical (unpaired) electrons. The summed E-state index contributed by atoms with van der Waals surface area (Å²) in [5, 5.41) is 24.4. The third kappa shape index (κ3) is 4.14. The predicted octanol–water partition coefficient (Wildman–Crippen LogP) is 3.81. The van der Waals surface area contributed by atoms with E-state index in [-0.39, 0.29) is 5.69 Å². The van der Waals surface area contributed by atoms with Crippen molar-refractivity contribution in [1.29, 1.82) is 0 Å². The van der Waals surface area contributed by atoms with Gasteiger partial charge >= 0.3 is 0 Å². The van der Waals surface area contributed by atoms with E-state index >= 15 is 0 Å². The van der Waals surface area contributed by atoms with Gasteiger partial charge in [-0.3, -0.25) is 25.0 Å². The molecule has 0 saturated carbocycles. The molecule has 2 aromatic carbocycles. The smallest absolute Gasteiger partial charge is 0.299 e. The second-order valence-corrected chi connectivity index (χ2v) is 4.97. The fourth-order valence-corrected chi connectivity index (χ4v) is 2.04. The van der Waals surface area contributed by atoms with Crippen LogP contribution in [0, 0.1) is 20.2 Å². The zero-order valence-corrected chi connectivity index (χ0v) is 12.8. The van der Waals surface area contributed by atoms with Gasteiger partial charge in [0.1, 0.15) is 5.69 Å². The SMILES string of the molecule is O=C(/C=C/c1ccccc1Cl)Nc1ccc([N+](=O)[O-])cc1[N+](=O)[O-]. The number of non-ortho nitro benzene ring substituents is 1. The highest BCUT2D eigenvalue weighted by Gasteiger charge is 2.20. The van der Waals surface area contributed by atoms with Crippen molar-refractivity contribution in [3.63, 3.8) is 0 Å². The summed E-state index contributed by atoms with van der Waals surface area (Å²) < 4.78 is 0. The maximum absolute atomic E-state index is 11.9. The lowest BCUT2D eigenvalue weighted by molar-refractivity contribution is -0.393. The minimum Gasteiger partial charge on any atom is -0.317 e. The van der Waals surface area contributed by atoms with E-state index in [0.717, 1.165) is 24.3 Å². The molecule has 0 saturated heterocycles. The fraction of sp³-hybridized carbons (Fsp3) is 0. The largest absolute Gasteiger partial charge is 0.317 e. The molecule has 0 aliphatic heterocycles. The molecule has 0 unspecified atom stereocenters. The summed E-state index contributed by atoms with van der Waals surface area (Å²) in [5.41, 5.74) is -0.540. The van der Waals surface area contributed by atoms with Gasteiger partial charge in [0.15, 0.2) is 0 Å². The monoisotopic (exact) mass is 347 g/mol. The maximum atomic E-state index is 11.9. The molecule has 2 aromatic rings. The molecule has 1 amide bonds. The van der Waals surface area contributed by atoms with E-state index in [1.165, 1.54) is 6.08 Å². The molecule has 0 bridgehead atoms. The lowest BCUT2D eigenvalue weighted by Gasteiger charge is -2.03. The van der Waals surface area contributed by atoms with Crippen LogP contribution >= 0.6 is 11.6 Å². The standard InChI is InChI=1S/C15H10ClN3O5/c16-12-4-2-1-3-10(12)5-8-15(20)17-13-7-6-11(18(21)22)9-14(13)19(23)24/h1-9H,(H,17,20)/b8-5+. The van der Waals surface area contributed by atoms with Crippen molar-refractivity contribution in [2.24, 2.45) is 0 Å². The summed E-state index contributed by atoms with van der Waals surface area (Å²) in [6.07, 6.45) is 2.61.